The summed E-state index contributed by atoms with van der Waals surface area (Å²) >= 11 is 7.53. The van der Waals surface area contributed by atoms with Gasteiger partial charge in [-0.1, -0.05) is 60.1 Å². The molecule has 0 fully saturated rings. The molecule has 1 aromatic heterocycles. The van der Waals surface area contributed by atoms with Crippen LogP contribution in [0, 0.1) is 0 Å². The molecule has 1 unspecified atom stereocenters. The van der Waals surface area contributed by atoms with Crippen LogP contribution in [-0.4, -0.2) is 23.0 Å². The summed E-state index contributed by atoms with van der Waals surface area (Å²) in [5.74, 6) is -1.55. The smallest absolute Gasteiger partial charge is 0.326 e. The molecule has 0 saturated carbocycles. The lowest BCUT2D eigenvalue weighted by Crippen LogP contribution is -2.42. The molecule has 2 aromatic carbocycles. The minimum absolute atomic E-state index is 0.213. The summed E-state index contributed by atoms with van der Waals surface area (Å²) in [6, 6.07) is 15.6. The van der Waals surface area contributed by atoms with Crippen molar-refractivity contribution in [1.29, 1.82) is 0 Å². The third kappa shape index (κ3) is 3.42. The molecule has 0 spiro atoms. The first-order valence-corrected chi connectivity index (χ1v) is 8.50. The SMILES string of the molecule is O=C(NC(Cc1ccccc1)C(=O)O)c1sc2ccccc2c1Cl. The number of hydrogen-bond acceptors (Lipinski definition) is 3. The summed E-state index contributed by atoms with van der Waals surface area (Å²) < 4.78 is 0.891. The summed E-state index contributed by atoms with van der Waals surface area (Å²) in [6.45, 7) is 0. The Kier molecular flexibility index (Phi) is 4.83. The van der Waals surface area contributed by atoms with Gasteiger partial charge in [-0.2, -0.15) is 0 Å². The second-order valence-electron chi connectivity index (χ2n) is 5.30. The summed E-state index contributed by atoms with van der Waals surface area (Å²) in [6.07, 6.45) is 0.213. The third-order valence-corrected chi connectivity index (χ3v) is 5.30. The van der Waals surface area contributed by atoms with Crippen molar-refractivity contribution >= 4 is 44.9 Å². The van der Waals surface area contributed by atoms with E-state index >= 15 is 0 Å². The van der Waals surface area contributed by atoms with Crippen LogP contribution in [0.4, 0.5) is 0 Å². The molecule has 3 aromatic rings. The number of thiophene rings is 1. The molecular formula is C18H14ClNO3S. The lowest BCUT2D eigenvalue weighted by atomic mass is 10.1. The Morgan fingerprint density at radius 1 is 1.08 bits per heavy atom. The van der Waals surface area contributed by atoms with E-state index in [0.29, 0.717) is 9.90 Å². The van der Waals surface area contributed by atoms with Gasteiger partial charge in [0.05, 0.1) is 5.02 Å². The number of halogens is 1. The molecule has 0 aliphatic heterocycles. The molecule has 4 nitrogen and oxygen atoms in total. The van der Waals surface area contributed by atoms with Crippen molar-refractivity contribution in [2.45, 2.75) is 12.5 Å². The fourth-order valence-electron chi connectivity index (χ4n) is 2.43. The first kappa shape index (κ1) is 16.5. The van der Waals surface area contributed by atoms with E-state index in [4.69, 9.17) is 11.6 Å². The van der Waals surface area contributed by atoms with Crippen molar-refractivity contribution in [2.75, 3.05) is 0 Å². The van der Waals surface area contributed by atoms with E-state index in [1.165, 1.54) is 11.3 Å². The molecule has 1 heterocycles. The van der Waals surface area contributed by atoms with E-state index in [9.17, 15) is 14.7 Å². The molecule has 1 atom stereocenters. The van der Waals surface area contributed by atoms with Crippen LogP contribution in [0.25, 0.3) is 10.1 Å². The Balaban J connectivity index is 1.82. The summed E-state index contributed by atoms with van der Waals surface area (Å²) in [4.78, 5) is 24.3. The van der Waals surface area contributed by atoms with Gasteiger partial charge < -0.3 is 10.4 Å². The van der Waals surface area contributed by atoms with Gasteiger partial charge in [0.15, 0.2) is 0 Å². The Morgan fingerprint density at radius 3 is 2.42 bits per heavy atom. The first-order valence-electron chi connectivity index (χ1n) is 7.31. The zero-order chi connectivity index (χ0) is 17.1. The zero-order valence-corrected chi connectivity index (χ0v) is 14.1. The van der Waals surface area contributed by atoms with Crippen LogP contribution < -0.4 is 5.32 Å². The van der Waals surface area contributed by atoms with Crippen molar-refractivity contribution in [1.82, 2.24) is 5.32 Å². The van der Waals surface area contributed by atoms with Gasteiger partial charge in [0.2, 0.25) is 0 Å². The van der Waals surface area contributed by atoms with Crippen LogP contribution in [0.15, 0.2) is 54.6 Å². The largest absolute Gasteiger partial charge is 0.480 e. The summed E-state index contributed by atoms with van der Waals surface area (Å²) in [5, 5.41) is 13.1. The number of carboxylic acids is 1. The number of nitrogens with one attached hydrogen (secondary N) is 1. The van der Waals surface area contributed by atoms with Gasteiger partial charge in [-0.15, -0.1) is 11.3 Å². The highest BCUT2D eigenvalue weighted by atomic mass is 35.5. The Bertz CT molecular complexity index is 892. The molecule has 2 N–H and O–H groups in total. The predicted octanol–water partition coefficient (Wildman–Crippen LogP) is 3.98. The lowest BCUT2D eigenvalue weighted by molar-refractivity contribution is -0.139. The maximum Gasteiger partial charge on any atom is 0.326 e. The van der Waals surface area contributed by atoms with Gasteiger partial charge in [-0.3, -0.25) is 4.79 Å². The molecule has 1 amide bonds. The molecule has 0 aliphatic rings. The van der Waals surface area contributed by atoms with E-state index < -0.39 is 17.9 Å². The quantitative estimate of drug-likeness (QED) is 0.724. The van der Waals surface area contributed by atoms with Gasteiger partial charge in [0.25, 0.3) is 5.91 Å². The fourth-order valence-corrected chi connectivity index (χ4v) is 3.85. The normalized spacial score (nSPS) is 12.0. The van der Waals surface area contributed by atoms with Gasteiger partial charge >= 0.3 is 5.97 Å². The van der Waals surface area contributed by atoms with Crippen LogP contribution in [0.3, 0.4) is 0 Å². The number of amides is 1. The molecule has 3 rings (SSSR count). The van der Waals surface area contributed by atoms with E-state index in [2.05, 4.69) is 5.32 Å². The highest BCUT2D eigenvalue weighted by Gasteiger charge is 2.24. The maximum absolute atomic E-state index is 12.5. The van der Waals surface area contributed by atoms with Crippen LogP contribution in [0.5, 0.6) is 0 Å². The van der Waals surface area contributed by atoms with Crippen molar-refractivity contribution in [3.8, 4) is 0 Å². The van der Waals surface area contributed by atoms with E-state index in [0.717, 1.165) is 15.6 Å². The number of aliphatic carboxylic acids is 1. The second-order valence-corrected chi connectivity index (χ2v) is 6.73. The molecular weight excluding hydrogens is 346 g/mol. The molecule has 0 saturated heterocycles. The number of carbonyl (C=O) groups excluding carboxylic acids is 1. The molecule has 0 bridgehead atoms. The lowest BCUT2D eigenvalue weighted by Gasteiger charge is -2.14. The van der Waals surface area contributed by atoms with Crippen LogP contribution in [0.1, 0.15) is 15.2 Å². The van der Waals surface area contributed by atoms with Gasteiger partial charge in [0, 0.05) is 16.5 Å². The second kappa shape index (κ2) is 7.03. The predicted molar refractivity (Wildman–Crippen MR) is 95.9 cm³/mol. The molecule has 0 radical (unpaired) electrons. The minimum atomic E-state index is -1.08. The average molecular weight is 360 g/mol. The number of hydrogen-bond donors (Lipinski definition) is 2. The maximum atomic E-state index is 12.5. The Morgan fingerprint density at radius 2 is 1.75 bits per heavy atom. The molecule has 122 valence electrons. The van der Waals surface area contributed by atoms with Crippen molar-refractivity contribution in [3.05, 3.63) is 70.1 Å². The highest BCUT2D eigenvalue weighted by molar-refractivity contribution is 7.21. The Hall–Kier alpha value is -2.37. The molecule has 24 heavy (non-hydrogen) atoms. The number of rotatable bonds is 5. The summed E-state index contributed by atoms with van der Waals surface area (Å²) in [7, 11) is 0. The Labute approximate surface area is 147 Å². The molecule has 6 heteroatoms. The van der Waals surface area contributed by atoms with Crippen molar-refractivity contribution in [3.63, 3.8) is 0 Å². The number of carbonyl (C=O) groups is 2. The van der Waals surface area contributed by atoms with Crippen molar-refractivity contribution in [2.24, 2.45) is 0 Å². The first-order chi connectivity index (χ1) is 11.6. The van der Waals surface area contributed by atoms with Gasteiger partial charge in [0.1, 0.15) is 10.9 Å². The van der Waals surface area contributed by atoms with Crippen LogP contribution in [0.2, 0.25) is 5.02 Å². The van der Waals surface area contributed by atoms with E-state index in [1.54, 1.807) is 0 Å². The number of carboxylic acid groups (broad SMARTS) is 1. The van der Waals surface area contributed by atoms with Crippen LogP contribution >= 0.6 is 22.9 Å². The average Bonchev–Trinajstić information content (AvgIpc) is 2.92. The van der Waals surface area contributed by atoms with Gasteiger partial charge in [-0.05, 0) is 11.6 Å². The zero-order valence-electron chi connectivity index (χ0n) is 12.5. The third-order valence-electron chi connectivity index (χ3n) is 3.63. The highest BCUT2D eigenvalue weighted by Crippen LogP contribution is 2.35. The van der Waals surface area contributed by atoms with Gasteiger partial charge in [-0.25, -0.2) is 4.79 Å². The minimum Gasteiger partial charge on any atom is -0.480 e. The topological polar surface area (TPSA) is 66.4 Å². The van der Waals surface area contributed by atoms with E-state index in [-0.39, 0.29) is 6.42 Å². The fraction of sp³-hybridized carbons (Fsp3) is 0.111. The van der Waals surface area contributed by atoms with Crippen LogP contribution in [-0.2, 0) is 11.2 Å². The number of benzene rings is 2. The van der Waals surface area contributed by atoms with Crippen molar-refractivity contribution < 1.29 is 14.7 Å². The standard InChI is InChI=1S/C18H14ClNO3S/c19-15-12-8-4-5-9-14(12)24-16(15)17(21)20-13(18(22)23)10-11-6-2-1-3-7-11/h1-9,13H,10H2,(H,20,21)(H,22,23). The monoisotopic (exact) mass is 359 g/mol. The number of fused-ring (bicyclic) bond motifs is 1. The molecule has 0 aliphatic carbocycles. The van der Waals surface area contributed by atoms with E-state index in [1.807, 2.05) is 54.6 Å². The summed E-state index contributed by atoms with van der Waals surface area (Å²) in [5.41, 5.74) is 0.840.